The van der Waals surface area contributed by atoms with Crippen molar-refractivity contribution in [2.75, 3.05) is 18.0 Å². The highest BCUT2D eigenvalue weighted by Crippen LogP contribution is 2.27. The summed E-state index contributed by atoms with van der Waals surface area (Å²) in [7, 11) is 0. The molecule has 1 aliphatic heterocycles. The van der Waals surface area contributed by atoms with Gasteiger partial charge in [-0.15, -0.1) is 5.10 Å². The van der Waals surface area contributed by atoms with Gasteiger partial charge in [-0.25, -0.2) is 0 Å². The number of pyridine rings is 1. The summed E-state index contributed by atoms with van der Waals surface area (Å²) in [6, 6.07) is 8.39. The van der Waals surface area contributed by atoms with E-state index in [4.69, 9.17) is 0 Å². The maximum Gasteiger partial charge on any atom is 0.151 e. The van der Waals surface area contributed by atoms with E-state index in [1.54, 1.807) is 0 Å². The van der Waals surface area contributed by atoms with Crippen molar-refractivity contribution in [3.05, 3.63) is 47.4 Å². The van der Waals surface area contributed by atoms with Gasteiger partial charge in [0.2, 0.25) is 0 Å². The van der Waals surface area contributed by atoms with Crippen molar-refractivity contribution in [3.63, 3.8) is 0 Å². The number of aromatic nitrogens is 3. The van der Waals surface area contributed by atoms with E-state index in [1.165, 1.54) is 24.1 Å². The van der Waals surface area contributed by atoms with Crippen LogP contribution >= 0.6 is 0 Å². The van der Waals surface area contributed by atoms with Crippen molar-refractivity contribution in [1.29, 1.82) is 0 Å². The van der Waals surface area contributed by atoms with Gasteiger partial charge >= 0.3 is 0 Å². The molecular weight excluding hydrogens is 248 g/mol. The van der Waals surface area contributed by atoms with Crippen LogP contribution in [-0.4, -0.2) is 28.3 Å². The monoisotopic (exact) mass is 268 g/mol. The molecule has 2 aromatic heterocycles. The number of aryl methyl sites for hydroxylation is 2. The zero-order valence-electron chi connectivity index (χ0n) is 12.1. The number of anilines is 1. The van der Waals surface area contributed by atoms with Crippen LogP contribution in [0.1, 0.15) is 35.7 Å². The molecule has 0 radical (unpaired) electrons. The Morgan fingerprint density at radius 2 is 2.00 bits per heavy atom. The fourth-order valence-corrected chi connectivity index (χ4v) is 2.71. The Balaban J connectivity index is 1.76. The second kappa shape index (κ2) is 5.57. The fourth-order valence-electron chi connectivity index (χ4n) is 2.71. The molecule has 0 amide bonds. The predicted octanol–water partition coefficient (Wildman–Crippen LogP) is 2.87. The second-order valence-corrected chi connectivity index (χ2v) is 5.58. The van der Waals surface area contributed by atoms with E-state index in [0.717, 1.165) is 24.6 Å². The fraction of sp³-hybridized carbons (Fsp3) is 0.438. The Hall–Kier alpha value is -1.97. The van der Waals surface area contributed by atoms with Gasteiger partial charge in [-0.05, 0) is 50.5 Å². The zero-order valence-corrected chi connectivity index (χ0v) is 12.1. The molecule has 0 bridgehead atoms. The molecule has 104 valence electrons. The highest BCUT2D eigenvalue weighted by molar-refractivity contribution is 5.39. The largest absolute Gasteiger partial charge is 0.354 e. The predicted molar refractivity (Wildman–Crippen MR) is 79.9 cm³/mol. The number of nitrogens with zero attached hydrogens (tertiary/aromatic N) is 4. The van der Waals surface area contributed by atoms with E-state index in [1.807, 2.05) is 19.2 Å². The van der Waals surface area contributed by atoms with Gasteiger partial charge in [0.15, 0.2) is 5.82 Å². The molecule has 4 nitrogen and oxygen atoms in total. The molecule has 4 heteroatoms. The summed E-state index contributed by atoms with van der Waals surface area (Å²) < 4.78 is 0. The van der Waals surface area contributed by atoms with E-state index in [2.05, 4.69) is 45.2 Å². The van der Waals surface area contributed by atoms with Gasteiger partial charge in [-0.2, -0.15) is 5.10 Å². The van der Waals surface area contributed by atoms with Crippen LogP contribution in [0.3, 0.4) is 0 Å². The lowest BCUT2D eigenvalue weighted by atomic mass is 9.94. The Kier molecular flexibility index (Phi) is 3.63. The third kappa shape index (κ3) is 2.79. The molecule has 1 unspecified atom stereocenters. The summed E-state index contributed by atoms with van der Waals surface area (Å²) in [5.41, 5.74) is 3.37. The average molecular weight is 268 g/mol. The highest BCUT2D eigenvalue weighted by atomic mass is 15.3. The molecule has 20 heavy (non-hydrogen) atoms. The Morgan fingerprint density at radius 1 is 1.10 bits per heavy atom. The van der Waals surface area contributed by atoms with Gasteiger partial charge in [0.1, 0.15) is 0 Å². The SMILES string of the molecule is Cc1ccc(C2CCCN(c3ccc(C)nn3)C2)nc1. The first-order valence-electron chi connectivity index (χ1n) is 7.20. The molecule has 0 spiro atoms. The van der Waals surface area contributed by atoms with E-state index in [9.17, 15) is 0 Å². The van der Waals surface area contributed by atoms with E-state index < -0.39 is 0 Å². The minimum absolute atomic E-state index is 0.493. The van der Waals surface area contributed by atoms with Crippen LogP contribution in [0.15, 0.2) is 30.5 Å². The quantitative estimate of drug-likeness (QED) is 0.840. The van der Waals surface area contributed by atoms with Crippen molar-refractivity contribution in [1.82, 2.24) is 15.2 Å². The first kappa shape index (κ1) is 13.0. The molecule has 0 N–H and O–H groups in total. The molecule has 1 atom stereocenters. The van der Waals surface area contributed by atoms with Gasteiger partial charge < -0.3 is 4.90 Å². The average Bonchev–Trinajstić information content (AvgIpc) is 2.49. The van der Waals surface area contributed by atoms with Crippen LogP contribution in [0.5, 0.6) is 0 Å². The Bertz CT molecular complexity index is 511. The van der Waals surface area contributed by atoms with E-state index in [-0.39, 0.29) is 0 Å². The Morgan fingerprint density at radius 3 is 2.70 bits per heavy atom. The molecule has 2 aromatic rings. The van der Waals surface area contributed by atoms with E-state index >= 15 is 0 Å². The summed E-state index contributed by atoms with van der Waals surface area (Å²) in [4.78, 5) is 6.90. The van der Waals surface area contributed by atoms with Crippen LogP contribution < -0.4 is 4.90 Å². The van der Waals surface area contributed by atoms with Crippen LogP contribution in [0, 0.1) is 13.8 Å². The maximum atomic E-state index is 4.58. The van der Waals surface area contributed by atoms with Crippen molar-refractivity contribution in [2.24, 2.45) is 0 Å². The van der Waals surface area contributed by atoms with Crippen LogP contribution in [0.25, 0.3) is 0 Å². The van der Waals surface area contributed by atoms with Crippen molar-refractivity contribution in [3.8, 4) is 0 Å². The van der Waals surface area contributed by atoms with Gasteiger partial charge in [0.25, 0.3) is 0 Å². The number of rotatable bonds is 2. The van der Waals surface area contributed by atoms with Crippen molar-refractivity contribution < 1.29 is 0 Å². The summed E-state index contributed by atoms with van der Waals surface area (Å²) >= 11 is 0. The summed E-state index contributed by atoms with van der Waals surface area (Å²) in [6.45, 7) is 6.08. The smallest absolute Gasteiger partial charge is 0.151 e. The summed E-state index contributed by atoms with van der Waals surface area (Å²) in [5, 5.41) is 8.46. The van der Waals surface area contributed by atoms with Gasteiger partial charge in [0, 0.05) is 30.9 Å². The molecular formula is C16H20N4. The third-order valence-corrected chi connectivity index (χ3v) is 3.88. The molecule has 1 aliphatic rings. The lowest BCUT2D eigenvalue weighted by Gasteiger charge is -2.33. The first-order chi connectivity index (χ1) is 9.72. The molecule has 3 rings (SSSR count). The lowest BCUT2D eigenvalue weighted by Crippen LogP contribution is -2.35. The van der Waals surface area contributed by atoms with Gasteiger partial charge in [-0.1, -0.05) is 6.07 Å². The molecule has 1 saturated heterocycles. The minimum atomic E-state index is 0.493. The molecule has 1 fully saturated rings. The Labute approximate surface area is 119 Å². The standard InChI is InChI=1S/C16H20N4/c1-12-5-7-15(17-10-12)14-4-3-9-20(11-14)16-8-6-13(2)18-19-16/h5-8,10,14H,3-4,9,11H2,1-2H3. The highest BCUT2D eigenvalue weighted by Gasteiger charge is 2.23. The summed E-state index contributed by atoms with van der Waals surface area (Å²) in [5.74, 6) is 1.47. The normalized spacial score (nSPS) is 19.1. The van der Waals surface area contributed by atoms with Crippen molar-refractivity contribution >= 4 is 5.82 Å². The molecule has 3 heterocycles. The number of hydrogen-bond acceptors (Lipinski definition) is 4. The van der Waals surface area contributed by atoms with Crippen LogP contribution in [0.4, 0.5) is 5.82 Å². The maximum absolute atomic E-state index is 4.58. The van der Waals surface area contributed by atoms with Crippen molar-refractivity contribution in [2.45, 2.75) is 32.6 Å². The number of piperidine rings is 1. The number of hydrogen-bond donors (Lipinski definition) is 0. The second-order valence-electron chi connectivity index (χ2n) is 5.58. The molecule has 0 aromatic carbocycles. The molecule has 0 aliphatic carbocycles. The topological polar surface area (TPSA) is 41.9 Å². The minimum Gasteiger partial charge on any atom is -0.354 e. The van der Waals surface area contributed by atoms with Crippen LogP contribution in [0.2, 0.25) is 0 Å². The van der Waals surface area contributed by atoms with Crippen LogP contribution in [-0.2, 0) is 0 Å². The van der Waals surface area contributed by atoms with Gasteiger partial charge in [0.05, 0.1) is 5.69 Å². The molecule has 0 saturated carbocycles. The van der Waals surface area contributed by atoms with E-state index in [0.29, 0.717) is 5.92 Å². The van der Waals surface area contributed by atoms with Gasteiger partial charge in [-0.3, -0.25) is 4.98 Å². The third-order valence-electron chi connectivity index (χ3n) is 3.88. The summed E-state index contributed by atoms with van der Waals surface area (Å²) in [6.07, 6.45) is 4.33. The lowest BCUT2D eigenvalue weighted by molar-refractivity contribution is 0.497. The zero-order chi connectivity index (χ0) is 13.9. The first-order valence-corrected chi connectivity index (χ1v) is 7.20.